The molecule has 25 heavy (non-hydrogen) atoms. The van der Waals surface area contributed by atoms with Gasteiger partial charge in [-0.2, -0.15) is 0 Å². The maximum absolute atomic E-state index is 11.8. The van der Waals surface area contributed by atoms with Gasteiger partial charge in [0.1, 0.15) is 0 Å². The molecule has 2 rings (SSSR count). The predicted molar refractivity (Wildman–Crippen MR) is 102 cm³/mol. The highest BCUT2D eigenvalue weighted by Crippen LogP contribution is 2.28. The first-order valence-corrected chi connectivity index (χ1v) is 9.65. The first-order valence-electron chi connectivity index (χ1n) is 7.47. The molecular formula is C15H18ClN5O2S2. The molecule has 2 aromatic rings. The molecule has 0 fully saturated rings. The van der Waals surface area contributed by atoms with Gasteiger partial charge in [-0.1, -0.05) is 40.8 Å². The van der Waals surface area contributed by atoms with Gasteiger partial charge in [-0.05, 0) is 32.0 Å². The van der Waals surface area contributed by atoms with Crippen LogP contribution in [-0.4, -0.2) is 40.4 Å². The Kier molecular flexibility index (Phi) is 7.48. The average molecular weight is 400 g/mol. The lowest BCUT2D eigenvalue weighted by atomic mass is 10.3. The van der Waals surface area contributed by atoms with Crippen LogP contribution in [0.4, 0.5) is 10.8 Å². The summed E-state index contributed by atoms with van der Waals surface area (Å²) in [7, 11) is 0. The van der Waals surface area contributed by atoms with Crippen LogP contribution in [0, 0.1) is 0 Å². The van der Waals surface area contributed by atoms with E-state index < -0.39 is 0 Å². The van der Waals surface area contributed by atoms with Crippen LogP contribution in [0.2, 0.25) is 5.02 Å². The number of halogens is 1. The van der Waals surface area contributed by atoms with Gasteiger partial charge in [0.2, 0.25) is 16.9 Å². The maximum Gasteiger partial charge on any atom is 0.239 e. The van der Waals surface area contributed by atoms with Crippen molar-refractivity contribution in [1.82, 2.24) is 20.8 Å². The molecule has 0 aliphatic carbocycles. The molecule has 7 nitrogen and oxygen atoms in total. The Morgan fingerprint density at radius 3 is 2.80 bits per heavy atom. The van der Waals surface area contributed by atoms with Crippen molar-refractivity contribution in [2.45, 2.75) is 24.2 Å². The number of anilines is 2. The number of carbonyl (C=O) groups excluding carboxylic acids is 2. The predicted octanol–water partition coefficient (Wildman–Crippen LogP) is 2.67. The normalized spacial score (nSPS) is 10.6. The Bertz CT molecular complexity index is 738. The SMILES string of the molecule is CC(C)NC(=O)CNC(=O)CSc1nnc(Nc2cccc(Cl)c2)s1. The third-order valence-corrected chi connectivity index (χ3v) is 4.91. The molecule has 0 aliphatic rings. The van der Waals surface area contributed by atoms with E-state index in [9.17, 15) is 9.59 Å². The highest BCUT2D eigenvalue weighted by Gasteiger charge is 2.10. The Balaban J connectivity index is 1.75. The Hall–Kier alpha value is -1.84. The number of carbonyl (C=O) groups is 2. The minimum absolute atomic E-state index is 0.0325. The molecule has 0 saturated carbocycles. The second-order valence-corrected chi connectivity index (χ2v) is 7.93. The van der Waals surface area contributed by atoms with E-state index in [-0.39, 0.29) is 30.2 Å². The van der Waals surface area contributed by atoms with Crippen LogP contribution in [0.3, 0.4) is 0 Å². The lowest BCUT2D eigenvalue weighted by molar-refractivity contribution is -0.125. The van der Waals surface area contributed by atoms with Gasteiger partial charge in [0.05, 0.1) is 12.3 Å². The van der Waals surface area contributed by atoms with Crippen molar-refractivity contribution >= 4 is 57.3 Å². The van der Waals surface area contributed by atoms with E-state index in [4.69, 9.17) is 11.6 Å². The van der Waals surface area contributed by atoms with Crippen molar-refractivity contribution in [2.75, 3.05) is 17.6 Å². The number of amides is 2. The van der Waals surface area contributed by atoms with Crippen LogP contribution in [0.15, 0.2) is 28.6 Å². The first-order chi connectivity index (χ1) is 11.9. The molecule has 1 heterocycles. The number of hydrogen-bond acceptors (Lipinski definition) is 7. The maximum atomic E-state index is 11.8. The summed E-state index contributed by atoms with van der Waals surface area (Å²) in [6.07, 6.45) is 0. The second kappa shape index (κ2) is 9.59. The fraction of sp³-hybridized carbons (Fsp3) is 0.333. The van der Waals surface area contributed by atoms with Gasteiger partial charge in [0.25, 0.3) is 0 Å². The van der Waals surface area contributed by atoms with Gasteiger partial charge < -0.3 is 16.0 Å². The second-order valence-electron chi connectivity index (χ2n) is 5.30. The molecule has 10 heteroatoms. The highest BCUT2D eigenvalue weighted by atomic mass is 35.5. The van der Waals surface area contributed by atoms with Crippen molar-refractivity contribution in [1.29, 1.82) is 0 Å². The van der Waals surface area contributed by atoms with E-state index in [2.05, 4.69) is 26.1 Å². The van der Waals surface area contributed by atoms with Crippen molar-refractivity contribution < 1.29 is 9.59 Å². The van der Waals surface area contributed by atoms with Gasteiger partial charge in [-0.25, -0.2) is 0 Å². The van der Waals surface area contributed by atoms with E-state index in [1.807, 2.05) is 26.0 Å². The van der Waals surface area contributed by atoms with Gasteiger partial charge in [-0.15, -0.1) is 10.2 Å². The van der Waals surface area contributed by atoms with Crippen LogP contribution in [0.25, 0.3) is 0 Å². The Morgan fingerprint density at radius 1 is 1.28 bits per heavy atom. The van der Waals surface area contributed by atoms with Crippen molar-refractivity contribution in [2.24, 2.45) is 0 Å². The minimum atomic E-state index is -0.233. The van der Waals surface area contributed by atoms with Crippen LogP contribution in [0.5, 0.6) is 0 Å². The zero-order chi connectivity index (χ0) is 18.2. The zero-order valence-corrected chi connectivity index (χ0v) is 16.1. The minimum Gasteiger partial charge on any atom is -0.352 e. The number of nitrogens with zero attached hydrogens (tertiary/aromatic N) is 2. The smallest absolute Gasteiger partial charge is 0.239 e. The topological polar surface area (TPSA) is 96.0 Å². The number of benzene rings is 1. The Morgan fingerprint density at radius 2 is 2.08 bits per heavy atom. The standard InChI is InChI=1S/C15H18ClN5O2S2/c1-9(2)18-12(22)7-17-13(23)8-24-15-21-20-14(25-15)19-11-5-3-4-10(16)6-11/h3-6,9H,7-8H2,1-2H3,(H,17,23)(H,18,22)(H,19,20). The average Bonchev–Trinajstić information content (AvgIpc) is 2.98. The molecule has 0 aliphatic heterocycles. The molecule has 0 bridgehead atoms. The molecule has 2 amide bonds. The van der Waals surface area contributed by atoms with Crippen molar-refractivity contribution in [3.8, 4) is 0 Å². The number of hydrogen-bond donors (Lipinski definition) is 3. The molecule has 0 atom stereocenters. The molecule has 134 valence electrons. The Labute approximate surface area is 158 Å². The summed E-state index contributed by atoms with van der Waals surface area (Å²) in [4.78, 5) is 23.2. The lowest BCUT2D eigenvalue weighted by Crippen LogP contribution is -2.40. The van der Waals surface area contributed by atoms with Crippen molar-refractivity contribution in [3.05, 3.63) is 29.3 Å². The molecule has 1 aromatic heterocycles. The highest BCUT2D eigenvalue weighted by molar-refractivity contribution is 8.01. The zero-order valence-electron chi connectivity index (χ0n) is 13.7. The third kappa shape index (κ3) is 7.29. The van der Waals surface area contributed by atoms with Crippen LogP contribution < -0.4 is 16.0 Å². The van der Waals surface area contributed by atoms with Crippen LogP contribution in [0.1, 0.15) is 13.8 Å². The van der Waals surface area contributed by atoms with Gasteiger partial charge in [-0.3, -0.25) is 9.59 Å². The molecule has 1 aromatic carbocycles. The third-order valence-electron chi connectivity index (χ3n) is 2.70. The number of rotatable bonds is 8. The van der Waals surface area contributed by atoms with Gasteiger partial charge >= 0.3 is 0 Å². The summed E-state index contributed by atoms with van der Waals surface area (Å²) in [6.45, 7) is 3.69. The fourth-order valence-electron chi connectivity index (χ4n) is 1.74. The van der Waals surface area contributed by atoms with E-state index in [1.54, 1.807) is 12.1 Å². The number of nitrogens with one attached hydrogen (secondary N) is 3. The summed E-state index contributed by atoms with van der Waals surface area (Å²) in [5, 5.41) is 17.7. The van der Waals surface area contributed by atoms with E-state index >= 15 is 0 Å². The fourth-order valence-corrected chi connectivity index (χ4v) is 3.53. The lowest BCUT2D eigenvalue weighted by Gasteiger charge is -2.08. The molecule has 0 unspecified atom stereocenters. The molecular weight excluding hydrogens is 382 g/mol. The summed E-state index contributed by atoms with van der Waals surface area (Å²) in [5.74, 6) is -0.276. The molecule has 0 spiro atoms. The summed E-state index contributed by atoms with van der Waals surface area (Å²) < 4.78 is 0.659. The first kappa shape index (κ1) is 19.5. The summed E-state index contributed by atoms with van der Waals surface area (Å²) in [5.41, 5.74) is 0.814. The van der Waals surface area contributed by atoms with E-state index in [0.717, 1.165) is 5.69 Å². The number of thioether (sulfide) groups is 1. The molecule has 3 N–H and O–H groups in total. The monoisotopic (exact) mass is 399 g/mol. The van der Waals surface area contributed by atoms with E-state index in [0.29, 0.717) is 14.5 Å². The summed E-state index contributed by atoms with van der Waals surface area (Å²) in [6, 6.07) is 7.32. The summed E-state index contributed by atoms with van der Waals surface area (Å²) >= 11 is 8.53. The van der Waals surface area contributed by atoms with Gasteiger partial charge in [0, 0.05) is 16.8 Å². The van der Waals surface area contributed by atoms with Crippen molar-refractivity contribution in [3.63, 3.8) is 0 Å². The quantitative estimate of drug-likeness (QED) is 0.590. The molecule has 0 radical (unpaired) electrons. The van der Waals surface area contributed by atoms with Gasteiger partial charge in [0.15, 0.2) is 4.34 Å². The number of aromatic nitrogens is 2. The molecule has 0 saturated heterocycles. The van der Waals surface area contributed by atoms with Crippen LogP contribution in [-0.2, 0) is 9.59 Å². The van der Waals surface area contributed by atoms with Crippen LogP contribution >= 0.6 is 34.7 Å². The van der Waals surface area contributed by atoms with E-state index in [1.165, 1.54) is 23.1 Å². The largest absolute Gasteiger partial charge is 0.352 e.